The van der Waals surface area contributed by atoms with Crippen molar-refractivity contribution in [3.8, 4) is 0 Å². The Morgan fingerprint density at radius 1 is 0.902 bits per heavy atom. The minimum absolute atomic E-state index is 0.0492. The highest BCUT2D eigenvalue weighted by molar-refractivity contribution is 7.92. The van der Waals surface area contributed by atoms with Gasteiger partial charge in [-0.25, -0.2) is 17.2 Å². The van der Waals surface area contributed by atoms with E-state index in [9.17, 15) is 26.8 Å². The van der Waals surface area contributed by atoms with Crippen LogP contribution in [-0.4, -0.2) is 50.0 Å². The topological polar surface area (TPSA) is 86.8 Å². The number of rotatable bonds is 14. The lowest BCUT2D eigenvalue weighted by Crippen LogP contribution is -2.52. The second-order valence-corrected chi connectivity index (χ2v) is 12.0. The number of amides is 2. The van der Waals surface area contributed by atoms with E-state index in [1.54, 1.807) is 12.1 Å². The number of para-hydroxylation sites is 1. The highest BCUT2D eigenvalue weighted by Crippen LogP contribution is 2.23. The number of carbonyl (C=O) groups is 2. The lowest BCUT2D eigenvalue weighted by molar-refractivity contribution is -0.141. The maximum atomic E-state index is 14.4. The van der Waals surface area contributed by atoms with Crippen molar-refractivity contribution >= 4 is 27.5 Å². The van der Waals surface area contributed by atoms with Crippen molar-refractivity contribution in [2.24, 2.45) is 0 Å². The first-order valence-corrected chi connectivity index (χ1v) is 15.4. The monoisotopic (exact) mass is 585 g/mol. The molecule has 2 atom stereocenters. The van der Waals surface area contributed by atoms with Gasteiger partial charge >= 0.3 is 0 Å². The highest BCUT2D eigenvalue weighted by Gasteiger charge is 2.31. The summed E-state index contributed by atoms with van der Waals surface area (Å²) >= 11 is 0. The van der Waals surface area contributed by atoms with Crippen molar-refractivity contribution in [1.82, 2.24) is 10.2 Å². The molecule has 0 fully saturated rings. The maximum Gasteiger partial charge on any atom is 0.243 e. The van der Waals surface area contributed by atoms with Gasteiger partial charge in [-0.3, -0.25) is 13.9 Å². The molecule has 0 aliphatic heterocycles. The SMILES string of the molecule is CCC(C)NC(=O)C(Cc1ccccc1)N(Cc1ccc(F)cc1)C(=O)CCCN(c1ccccc1F)S(C)(=O)=O. The van der Waals surface area contributed by atoms with Crippen LogP contribution in [0.25, 0.3) is 0 Å². The second kappa shape index (κ2) is 14.7. The van der Waals surface area contributed by atoms with Crippen molar-refractivity contribution in [3.63, 3.8) is 0 Å². The van der Waals surface area contributed by atoms with Crippen LogP contribution >= 0.6 is 0 Å². The number of benzene rings is 3. The number of halogens is 2. The van der Waals surface area contributed by atoms with Gasteiger partial charge in [0.05, 0.1) is 11.9 Å². The molecule has 0 saturated heterocycles. The molecular formula is C31H37F2N3O4S. The Labute approximate surface area is 241 Å². The Balaban J connectivity index is 1.89. The summed E-state index contributed by atoms with van der Waals surface area (Å²) < 4.78 is 53.9. The van der Waals surface area contributed by atoms with Crippen LogP contribution in [0.5, 0.6) is 0 Å². The van der Waals surface area contributed by atoms with E-state index in [1.807, 2.05) is 44.2 Å². The van der Waals surface area contributed by atoms with Gasteiger partial charge in [0, 0.05) is 32.0 Å². The normalized spacial score (nSPS) is 12.8. The number of anilines is 1. The average Bonchev–Trinajstić information content (AvgIpc) is 2.94. The van der Waals surface area contributed by atoms with Crippen LogP contribution in [-0.2, 0) is 32.6 Å². The molecule has 0 aromatic heterocycles. The van der Waals surface area contributed by atoms with Crippen LogP contribution in [0, 0.1) is 11.6 Å². The molecule has 0 radical (unpaired) electrons. The minimum atomic E-state index is -3.83. The van der Waals surface area contributed by atoms with Crippen LogP contribution < -0.4 is 9.62 Å². The van der Waals surface area contributed by atoms with E-state index in [4.69, 9.17) is 0 Å². The molecular weight excluding hydrogens is 548 g/mol. The van der Waals surface area contributed by atoms with Gasteiger partial charge in [0.15, 0.2) is 0 Å². The summed E-state index contributed by atoms with van der Waals surface area (Å²) in [5.41, 5.74) is 1.40. The predicted molar refractivity (Wildman–Crippen MR) is 157 cm³/mol. The lowest BCUT2D eigenvalue weighted by atomic mass is 10.0. The zero-order valence-corrected chi connectivity index (χ0v) is 24.4. The fourth-order valence-electron chi connectivity index (χ4n) is 4.42. The van der Waals surface area contributed by atoms with E-state index in [0.717, 1.165) is 16.1 Å². The molecule has 0 heterocycles. The van der Waals surface area contributed by atoms with Crippen molar-refractivity contribution in [2.45, 2.75) is 58.2 Å². The maximum absolute atomic E-state index is 14.4. The Bertz CT molecular complexity index is 1400. The molecule has 2 unspecified atom stereocenters. The average molecular weight is 586 g/mol. The van der Waals surface area contributed by atoms with E-state index in [0.29, 0.717) is 12.0 Å². The number of sulfonamides is 1. The van der Waals surface area contributed by atoms with Crippen LogP contribution in [0.4, 0.5) is 14.5 Å². The molecule has 0 saturated carbocycles. The van der Waals surface area contributed by atoms with Crippen molar-refractivity contribution in [2.75, 3.05) is 17.1 Å². The largest absolute Gasteiger partial charge is 0.352 e. The first-order chi connectivity index (χ1) is 19.5. The quantitative estimate of drug-likeness (QED) is 0.286. The van der Waals surface area contributed by atoms with Gasteiger partial charge in [-0.15, -0.1) is 0 Å². The molecule has 41 heavy (non-hydrogen) atoms. The highest BCUT2D eigenvalue weighted by atomic mass is 32.2. The third-order valence-corrected chi connectivity index (χ3v) is 7.99. The zero-order valence-electron chi connectivity index (χ0n) is 23.6. The molecule has 1 N–H and O–H groups in total. The van der Waals surface area contributed by atoms with Gasteiger partial charge in [0.2, 0.25) is 21.8 Å². The molecule has 3 aromatic rings. The van der Waals surface area contributed by atoms with E-state index < -0.39 is 27.7 Å². The molecule has 3 rings (SSSR count). The lowest BCUT2D eigenvalue weighted by Gasteiger charge is -2.32. The van der Waals surface area contributed by atoms with Gasteiger partial charge < -0.3 is 10.2 Å². The first-order valence-electron chi connectivity index (χ1n) is 13.6. The molecule has 3 aromatic carbocycles. The zero-order chi connectivity index (χ0) is 30.0. The number of carbonyl (C=O) groups excluding carboxylic acids is 2. The second-order valence-electron chi connectivity index (χ2n) is 10.1. The molecule has 220 valence electrons. The minimum Gasteiger partial charge on any atom is -0.352 e. The summed E-state index contributed by atoms with van der Waals surface area (Å²) in [6.45, 7) is 3.75. The molecule has 7 nitrogen and oxygen atoms in total. The summed E-state index contributed by atoms with van der Waals surface area (Å²) in [6.07, 6.45) is 1.93. The van der Waals surface area contributed by atoms with Gasteiger partial charge in [-0.1, -0.05) is 61.5 Å². The third-order valence-electron chi connectivity index (χ3n) is 6.81. The summed E-state index contributed by atoms with van der Waals surface area (Å²) in [5.74, 6) is -1.80. The third kappa shape index (κ3) is 9.38. The molecule has 0 bridgehead atoms. The number of nitrogens with one attached hydrogen (secondary N) is 1. The van der Waals surface area contributed by atoms with Gasteiger partial charge in [-0.05, 0) is 55.2 Å². The Kier molecular flexibility index (Phi) is 11.4. The standard InChI is InChI=1S/C31H37F2N3O4S/c1-4-23(2)34-31(38)29(21-24-11-6-5-7-12-24)35(22-25-16-18-26(32)19-17-25)30(37)15-10-20-36(41(3,39)40)28-14-9-8-13-27(28)33/h5-9,11-14,16-19,23,29H,4,10,15,20-22H2,1-3H3,(H,34,38). The summed E-state index contributed by atoms with van der Waals surface area (Å²) in [5, 5.41) is 2.98. The fourth-order valence-corrected chi connectivity index (χ4v) is 5.38. The van der Waals surface area contributed by atoms with Crippen molar-refractivity contribution < 1.29 is 26.8 Å². The molecule has 10 heteroatoms. The van der Waals surface area contributed by atoms with Gasteiger partial charge in [0.25, 0.3) is 0 Å². The van der Waals surface area contributed by atoms with E-state index >= 15 is 0 Å². The van der Waals surface area contributed by atoms with E-state index in [1.165, 1.54) is 41.3 Å². The Hall–Kier alpha value is -3.79. The van der Waals surface area contributed by atoms with Crippen LogP contribution in [0.2, 0.25) is 0 Å². The van der Waals surface area contributed by atoms with Crippen molar-refractivity contribution in [3.05, 3.63) is 102 Å². The molecule has 0 aliphatic carbocycles. The van der Waals surface area contributed by atoms with Crippen LogP contribution in [0.1, 0.15) is 44.2 Å². The molecule has 0 spiro atoms. The number of nitrogens with zero attached hydrogens (tertiary/aromatic N) is 2. The summed E-state index contributed by atoms with van der Waals surface area (Å²) in [6, 6.07) is 19.6. The summed E-state index contributed by atoms with van der Waals surface area (Å²) in [4.78, 5) is 28.8. The van der Waals surface area contributed by atoms with Gasteiger partial charge in [-0.2, -0.15) is 0 Å². The van der Waals surface area contributed by atoms with Gasteiger partial charge in [0.1, 0.15) is 17.7 Å². The number of hydrogen-bond donors (Lipinski definition) is 1. The smallest absolute Gasteiger partial charge is 0.243 e. The van der Waals surface area contributed by atoms with Crippen LogP contribution in [0.15, 0.2) is 78.9 Å². The Morgan fingerprint density at radius 3 is 2.15 bits per heavy atom. The molecule has 2 amide bonds. The Morgan fingerprint density at radius 2 is 1.54 bits per heavy atom. The number of hydrogen-bond acceptors (Lipinski definition) is 4. The van der Waals surface area contributed by atoms with E-state index in [-0.39, 0.29) is 55.9 Å². The first kappa shape index (κ1) is 31.7. The molecule has 0 aliphatic rings. The van der Waals surface area contributed by atoms with Crippen molar-refractivity contribution in [1.29, 1.82) is 0 Å². The van der Waals surface area contributed by atoms with Crippen LogP contribution in [0.3, 0.4) is 0 Å². The fraction of sp³-hybridized carbons (Fsp3) is 0.355. The van der Waals surface area contributed by atoms with E-state index in [2.05, 4.69) is 5.32 Å². The summed E-state index contributed by atoms with van der Waals surface area (Å²) in [7, 11) is -3.83. The predicted octanol–water partition coefficient (Wildman–Crippen LogP) is 5.07.